The first kappa shape index (κ1) is 26.0. The van der Waals surface area contributed by atoms with Gasteiger partial charge >= 0.3 is 0 Å². The highest BCUT2D eigenvalue weighted by Gasteiger charge is 2.50. The van der Waals surface area contributed by atoms with E-state index in [1.165, 1.54) is 20.1 Å². The average Bonchev–Trinajstić information content (AvgIpc) is 2.80. The van der Waals surface area contributed by atoms with E-state index >= 15 is 0 Å². The van der Waals surface area contributed by atoms with Gasteiger partial charge in [0.05, 0.1) is 26.4 Å². The Morgan fingerprint density at radius 1 is 0.909 bits per heavy atom. The number of methoxy groups -OCH3 is 1. The number of ether oxygens (including phenoxy) is 5. The molecule has 2 heterocycles. The minimum Gasteiger partial charge on any atom is -0.504 e. The summed E-state index contributed by atoms with van der Waals surface area (Å²) in [5, 5.41) is 70.4. The molecule has 2 aliphatic rings. The number of aliphatic hydroxyl groups excluding tert-OH is 6. The molecule has 0 aromatic heterocycles. The van der Waals surface area contributed by atoms with Crippen molar-refractivity contribution in [3.05, 3.63) is 23.8 Å². The van der Waals surface area contributed by atoms with Crippen molar-refractivity contribution in [3.63, 3.8) is 0 Å². The Kier molecular flexibility index (Phi) is 8.86. The Bertz CT molecular complexity index is 763. The first-order valence-electron chi connectivity index (χ1n) is 10.6. The van der Waals surface area contributed by atoms with Gasteiger partial charge in [-0.1, -0.05) is 6.07 Å². The zero-order valence-corrected chi connectivity index (χ0v) is 18.3. The molecule has 7 N–H and O–H groups in total. The summed E-state index contributed by atoms with van der Waals surface area (Å²) in [5.74, 6) is 0.290. The second kappa shape index (κ2) is 11.2. The van der Waals surface area contributed by atoms with Gasteiger partial charge in [-0.2, -0.15) is 0 Å². The van der Waals surface area contributed by atoms with E-state index in [0.29, 0.717) is 12.2 Å². The lowest BCUT2D eigenvalue weighted by atomic mass is 9.97. The molecule has 12 heteroatoms. The Balaban J connectivity index is 1.64. The van der Waals surface area contributed by atoms with Gasteiger partial charge in [0.25, 0.3) is 0 Å². The quantitative estimate of drug-likeness (QED) is 0.211. The Labute approximate surface area is 190 Å². The topological polar surface area (TPSA) is 188 Å². The van der Waals surface area contributed by atoms with Crippen molar-refractivity contribution >= 4 is 0 Å². The molecule has 0 bridgehead atoms. The van der Waals surface area contributed by atoms with Crippen molar-refractivity contribution in [1.82, 2.24) is 0 Å². The zero-order chi connectivity index (χ0) is 24.3. The lowest BCUT2D eigenvalue weighted by molar-refractivity contribution is -0.357. The SMILES string of the molecule is COc1cc(CCOC2OC(CO)C(O)C(OC3OC(C)C(O)C(O)C3O)C2O)ccc1O. The summed E-state index contributed by atoms with van der Waals surface area (Å²) in [4.78, 5) is 0. The monoisotopic (exact) mass is 476 g/mol. The predicted octanol–water partition coefficient (Wildman–Crippen LogP) is -2.39. The third-order valence-corrected chi connectivity index (χ3v) is 5.84. The summed E-state index contributed by atoms with van der Waals surface area (Å²) in [6.07, 6.45) is -13.4. The van der Waals surface area contributed by atoms with E-state index in [9.17, 15) is 35.7 Å². The summed E-state index contributed by atoms with van der Waals surface area (Å²) in [6.45, 7) is 0.934. The maximum Gasteiger partial charge on any atom is 0.187 e. The lowest BCUT2D eigenvalue weighted by Gasteiger charge is -2.45. The molecule has 3 rings (SSSR count). The number of aliphatic hydroxyl groups is 6. The van der Waals surface area contributed by atoms with E-state index < -0.39 is 68.0 Å². The molecule has 1 aromatic rings. The number of phenolic OH excluding ortho intramolecular Hbond substituents is 1. The van der Waals surface area contributed by atoms with Gasteiger partial charge in [-0.3, -0.25) is 0 Å². The standard InChI is InChI=1S/C21H32O12/c1-9-14(24)16(26)17(27)21(31-9)33-19-15(25)13(8-22)32-20(18(19)28)30-6-5-10-3-4-11(23)12(7-10)29-2/h3-4,7,9,13-28H,5-6,8H2,1-2H3. The van der Waals surface area contributed by atoms with E-state index in [1.54, 1.807) is 12.1 Å². The van der Waals surface area contributed by atoms with E-state index in [2.05, 4.69) is 0 Å². The number of hydrogen-bond donors (Lipinski definition) is 7. The molecule has 0 saturated carbocycles. The van der Waals surface area contributed by atoms with Crippen LogP contribution in [0.15, 0.2) is 18.2 Å². The molecule has 12 nitrogen and oxygen atoms in total. The van der Waals surface area contributed by atoms with Crippen molar-refractivity contribution in [2.24, 2.45) is 0 Å². The maximum atomic E-state index is 10.7. The molecule has 188 valence electrons. The lowest BCUT2D eigenvalue weighted by Crippen LogP contribution is -2.64. The average molecular weight is 476 g/mol. The van der Waals surface area contributed by atoms with Gasteiger partial charge in [-0.05, 0) is 31.0 Å². The van der Waals surface area contributed by atoms with Crippen LogP contribution in [0.2, 0.25) is 0 Å². The van der Waals surface area contributed by atoms with Crippen molar-refractivity contribution < 1.29 is 59.4 Å². The van der Waals surface area contributed by atoms with Gasteiger partial charge in [-0.25, -0.2) is 0 Å². The minimum atomic E-state index is -1.64. The molecule has 0 amide bonds. The highest BCUT2D eigenvalue weighted by molar-refractivity contribution is 5.41. The van der Waals surface area contributed by atoms with E-state index in [0.717, 1.165) is 5.56 Å². The first-order valence-corrected chi connectivity index (χ1v) is 10.6. The third-order valence-electron chi connectivity index (χ3n) is 5.84. The Morgan fingerprint density at radius 3 is 2.30 bits per heavy atom. The van der Waals surface area contributed by atoms with E-state index in [-0.39, 0.29) is 12.4 Å². The molecular formula is C21H32O12. The fourth-order valence-corrected chi connectivity index (χ4v) is 3.80. The maximum absolute atomic E-state index is 10.7. The Hall–Kier alpha value is -1.58. The summed E-state index contributed by atoms with van der Waals surface area (Å²) in [7, 11) is 1.43. The van der Waals surface area contributed by atoms with Crippen LogP contribution in [0.25, 0.3) is 0 Å². The smallest absolute Gasteiger partial charge is 0.187 e. The number of benzene rings is 1. The summed E-state index contributed by atoms with van der Waals surface area (Å²) < 4.78 is 27.1. The third kappa shape index (κ3) is 5.74. The molecule has 2 saturated heterocycles. The van der Waals surface area contributed by atoms with Crippen molar-refractivity contribution in [3.8, 4) is 11.5 Å². The van der Waals surface area contributed by atoms with Gasteiger partial charge in [0.1, 0.15) is 42.7 Å². The molecule has 0 radical (unpaired) electrons. The Morgan fingerprint density at radius 2 is 1.64 bits per heavy atom. The summed E-state index contributed by atoms with van der Waals surface area (Å²) in [5.41, 5.74) is 0.779. The molecule has 2 fully saturated rings. The highest BCUT2D eigenvalue weighted by atomic mass is 16.7. The molecular weight excluding hydrogens is 444 g/mol. The van der Waals surface area contributed by atoms with Crippen LogP contribution in [0, 0.1) is 0 Å². The van der Waals surface area contributed by atoms with Crippen LogP contribution in [-0.2, 0) is 25.4 Å². The molecule has 33 heavy (non-hydrogen) atoms. The number of phenols is 1. The number of rotatable bonds is 8. The molecule has 10 atom stereocenters. The van der Waals surface area contributed by atoms with Gasteiger partial charge in [0, 0.05) is 0 Å². The van der Waals surface area contributed by atoms with Crippen LogP contribution >= 0.6 is 0 Å². The fourth-order valence-electron chi connectivity index (χ4n) is 3.80. The van der Waals surface area contributed by atoms with E-state index in [4.69, 9.17) is 23.7 Å². The van der Waals surface area contributed by atoms with Gasteiger partial charge in [-0.15, -0.1) is 0 Å². The van der Waals surface area contributed by atoms with Gasteiger partial charge in [0.2, 0.25) is 0 Å². The number of hydrogen-bond acceptors (Lipinski definition) is 12. The molecule has 2 aliphatic heterocycles. The molecule has 0 aliphatic carbocycles. The van der Waals surface area contributed by atoms with Gasteiger partial charge < -0.3 is 59.4 Å². The van der Waals surface area contributed by atoms with Crippen LogP contribution in [0.3, 0.4) is 0 Å². The van der Waals surface area contributed by atoms with Crippen molar-refractivity contribution in [2.75, 3.05) is 20.3 Å². The van der Waals surface area contributed by atoms with E-state index in [1.807, 2.05) is 0 Å². The normalized spacial score (nSPS) is 39.4. The van der Waals surface area contributed by atoms with Crippen molar-refractivity contribution in [1.29, 1.82) is 0 Å². The summed E-state index contributed by atoms with van der Waals surface area (Å²) >= 11 is 0. The molecule has 1 aromatic carbocycles. The minimum absolute atomic E-state index is 0.00737. The van der Waals surface area contributed by atoms with Crippen molar-refractivity contribution in [2.45, 2.75) is 74.8 Å². The van der Waals surface area contributed by atoms with Crippen LogP contribution in [0.1, 0.15) is 12.5 Å². The largest absolute Gasteiger partial charge is 0.504 e. The van der Waals surface area contributed by atoms with Crippen LogP contribution < -0.4 is 4.74 Å². The van der Waals surface area contributed by atoms with Crippen LogP contribution in [-0.4, -0.2) is 117 Å². The highest BCUT2D eigenvalue weighted by Crippen LogP contribution is 2.30. The van der Waals surface area contributed by atoms with Gasteiger partial charge in [0.15, 0.2) is 24.1 Å². The number of aromatic hydroxyl groups is 1. The summed E-state index contributed by atoms with van der Waals surface area (Å²) in [6, 6.07) is 4.78. The van der Waals surface area contributed by atoms with Crippen LogP contribution in [0.4, 0.5) is 0 Å². The zero-order valence-electron chi connectivity index (χ0n) is 18.3. The molecule has 10 unspecified atom stereocenters. The van der Waals surface area contributed by atoms with Crippen LogP contribution in [0.5, 0.6) is 11.5 Å². The second-order valence-corrected chi connectivity index (χ2v) is 8.12. The second-order valence-electron chi connectivity index (χ2n) is 8.12. The first-order chi connectivity index (χ1) is 15.7. The molecule has 0 spiro atoms. The fraction of sp³-hybridized carbons (Fsp3) is 0.714. The predicted molar refractivity (Wildman–Crippen MR) is 109 cm³/mol.